The zero-order valence-electron chi connectivity index (χ0n) is 11.6. The molecular weight excluding hydrogens is 261 g/mol. The molecular formula is C14H20FN3O2. The molecule has 0 radical (unpaired) electrons. The van der Waals surface area contributed by atoms with Crippen LogP contribution in [0.2, 0.25) is 0 Å². The number of nitrogens with one attached hydrogen (secondary N) is 2. The number of carbonyl (C=O) groups excluding carboxylic acids is 1. The maximum Gasteiger partial charge on any atom is 0.239 e. The number of rotatable bonds is 6. The van der Waals surface area contributed by atoms with Crippen molar-refractivity contribution in [1.82, 2.24) is 10.6 Å². The molecule has 6 heteroatoms. The molecule has 0 unspecified atom stereocenters. The Hall–Kier alpha value is -1.66. The Morgan fingerprint density at radius 2 is 2.35 bits per heavy atom. The molecule has 2 rings (SSSR count). The van der Waals surface area contributed by atoms with E-state index in [0.29, 0.717) is 31.9 Å². The highest BCUT2D eigenvalue weighted by Gasteiger charge is 2.19. The Morgan fingerprint density at radius 3 is 3.05 bits per heavy atom. The van der Waals surface area contributed by atoms with Gasteiger partial charge in [0.05, 0.1) is 18.8 Å². The SMILES string of the molecule is COCCNCc1ccc(N2CCNC(=O)C2)c(F)c1. The Kier molecular flexibility index (Phi) is 5.31. The van der Waals surface area contributed by atoms with Gasteiger partial charge in [-0.1, -0.05) is 6.07 Å². The van der Waals surface area contributed by atoms with Gasteiger partial charge in [0.2, 0.25) is 5.91 Å². The Labute approximate surface area is 118 Å². The van der Waals surface area contributed by atoms with Gasteiger partial charge in [-0.3, -0.25) is 4.79 Å². The van der Waals surface area contributed by atoms with Crippen molar-refractivity contribution in [3.8, 4) is 0 Å². The first-order valence-electron chi connectivity index (χ1n) is 6.70. The number of halogens is 1. The monoisotopic (exact) mass is 281 g/mol. The summed E-state index contributed by atoms with van der Waals surface area (Å²) in [6, 6.07) is 5.13. The number of benzene rings is 1. The minimum Gasteiger partial charge on any atom is -0.383 e. The summed E-state index contributed by atoms with van der Waals surface area (Å²) in [5, 5.41) is 5.89. The molecule has 1 saturated heterocycles. The molecule has 0 aliphatic carbocycles. The lowest BCUT2D eigenvalue weighted by molar-refractivity contribution is -0.120. The van der Waals surface area contributed by atoms with E-state index in [-0.39, 0.29) is 18.3 Å². The summed E-state index contributed by atoms with van der Waals surface area (Å²) < 4.78 is 19.0. The predicted octanol–water partition coefficient (Wildman–Crippen LogP) is 0.498. The van der Waals surface area contributed by atoms with E-state index in [1.165, 1.54) is 6.07 Å². The van der Waals surface area contributed by atoms with E-state index < -0.39 is 0 Å². The van der Waals surface area contributed by atoms with E-state index in [0.717, 1.165) is 12.1 Å². The van der Waals surface area contributed by atoms with Crippen LogP contribution in [0.15, 0.2) is 18.2 Å². The molecule has 20 heavy (non-hydrogen) atoms. The molecule has 0 aromatic heterocycles. The number of amides is 1. The quantitative estimate of drug-likeness (QED) is 0.746. The van der Waals surface area contributed by atoms with E-state index in [4.69, 9.17) is 4.74 Å². The number of methoxy groups -OCH3 is 1. The first-order chi connectivity index (χ1) is 9.70. The summed E-state index contributed by atoms with van der Waals surface area (Å²) in [6.45, 7) is 3.35. The second-order valence-electron chi connectivity index (χ2n) is 4.73. The van der Waals surface area contributed by atoms with E-state index in [2.05, 4.69) is 10.6 Å². The molecule has 0 spiro atoms. The zero-order valence-corrected chi connectivity index (χ0v) is 11.6. The summed E-state index contributed by atoms with van der Waals surface area (Å²) >= 11 is 0. The average Bonchev–Trinajstić information content (AvgIpc) is 2.44. The Morgan fingerprint density at radius 1 is 1.50 bits per heavy atom. The third-order valence-electron chi connectivity index (χ3n) is 3.20. The second-order valence-corrected chi connectivity index (χ2v) is 4.73. The molecule has 110 valence electrons. The number of anilines is 1. The molecule has 5 nitrogen and oxygen atoms in total. The van der Waals surface area contributed by atoms with Gasteiger partial charge in [0.1, 0.15) is 5.82 Å². The van der Waals surface area contributed by atoms with Crippen molar-refractivity contribution < 1.29 is 13.9 Å². The summed E-state index contributed by atoms with van der Waals surface area (Å²) in [5.41, 5.74) is 1.37. The van der Waals surface area contributed by atoms with Crippen molar-refractivity contribution in [3.63, 3.8) is 0 Å². The molecule has 1 heterocycles. The topological polar surface area (TPSA) is 53.6 Å². The normalized spacial score (nSPS) is 15.3. The highest BCUT2D eigenvalue weighted by Crippen LogP contribution is 2.21. The average molecular weight is 281 g/mol. The third kappa shape index (κ3) is 3.91. The van der Waals surface area contributed by atoms with E-state index >= 15 is 0 Å². The lowest BCUT2D eigenvalue weighted by Gasteiger charge is -2.29. The number of ether oxygens (including phenoxy) is 1. The van der Waals surface area contributed by atoms with Crippen molar-refractivity contribution in [3.05, 3.63) is 29.6 Å². The van der Waals surface area contributed by atoms with Crippen LogP contribution in [0.1, 0.15) is 5.56 Å². The van der Waals surface area contributed by atoms with Crippen LogP contribution in [-0.4, -0.2) is 45.8 Å². The fraction of sp³-hybridized carbons (Fsp3) is 0.500. The van der Waals surface area contributed by atoms with Gasteiger partial charge in [-0.2, -0.15) is 0 Å². The van der Waals surface area contributed by atoms with Gasteiger partial charge in [0, 0.05) is 33.3 Å². The van der Waals surface area contributed by atoms with Crippen LogP contribution in [0, 0.1) is 5.82 Å². The largest absolute Gasteiger partial charge is 0.383 e. The van der Waals surface area contributed by atoms with Gasteiger partial charge in [-0.05, 0) is 17.7 Å². The van der Waals surface area contributed by atoms with Gasteiger partial charge in [0.25, 0.3) is 0 Å². The number of hydrogen-bond donors (Lipinski definition) is 2. The third-order valence-corrected chi connectivity index (χ3v) is 3.20. The standard InChI is InChI=1S/C14H20FN3O2/c1-20-7-5-16-9-11-2-3-13(12(15)8-11)18-6-4-17-14(19)10-18/h2-3,8,16H,4-7,9-10H2,1H3,(H,17,19). The van der Waals surface area contributed by atoms with E-state index in [1.807, 2.05) is 6.07 Å². The lowest BCUT2D eigenvalue weighted by atomic mass is 10.1. The molecule has 1 amide bonds. The van der Waals surface area contributed by atoms with Crippen molar-refractivity contribution in [2.24, 2.45) is 0 Å². The van der Waals surface area contributed by atoms with Gasteiger partial charge in [-0.15, -0.1) is 0 Å². The Bertz CT molecular complexity index is 468. The van der Waals surface area contributed by atoms with E-state index in [1.54, 1.807) is 18.1 Å². The summed E-state index contributed by atoms with van der Waals surface area (Å²) in [7, 11) is 1.64. The van der Waals surface area contributed by atoms with Crippen LogP contribution in [-0.2, 0) is 16.1 Å². The Balaban J connectivity index is 1.96. The van der Waals surface area contributed by atoms with Crippen LogP contribution in [0.3, 0.4) is 0 Å². The summed E-state index contributed by atoms with van der Waals surface area (Å²) in [4.78, 5) is 13.1. The van der Waals surface area contributed by atoms with Crippen LogP contribution >= 0.6 is 0 Å². The molecule has 1 aromatic carbocycles. The fourth-order valence-corrected chi connectivity index (χ4v) is 2.17. The first kappa shape index (κ1) is 14.7. The predicted molar refractivity (Wildman–Crippen MR) is 75.2 cm³/mol. The molecule has 1 aromatic rings. The molecule has 0 bridgehead atoms. The minimum atomic E-state index is -0.286. The molecule has 1 aliphatic rings. The molecule has 1 aliphatic heterocycles. The van der Waals surface area contributed by atoms with Crippen LogP contribution in [0.5, 0.6) is 0 Å². The zero-order chi connectivity index (χ0) is 14.4. The van der Waals surface area contributed by atoms with Gasteiger partial charge in [0.15, 0.2) is 0 Å². The van der Waals surface area contributed by atoms with Crippen molar-refractivity contribution in [2.45, 2.75) is 6.54 Å². The maximum absolute atomic E-state index is 14.1. The molecule has 0 atom stereocenters. The van der Waals surface area contributed by atoms with Crippen molar-refractivity contribution in [1.29, 1.82) is 0 Å². The minimum absolute atomic E-state index is 0.0686. The van der Waals surface area contributed by atoms with Gasteiger partial charge < -0.3 is 20.3 Å². The molecule has 0 saturated carbocycles. The second kappa shape index (κ2) is 7.21. The summed E-state index contributed by atoms with van der Waals surface area (Å²) in [5.74, 6) is -0.355. The highest BCUT2D eigenvalue weighted by atomic mass is 19.1. The number of nitrogens with zero attached hydrogens (tertiary/aromatic N) is 1. The lowest BCUT2D eigenvalue weighted by Crippen LogP contribution is -2.48. The van der Waals surface area contributed by atoms with Crippen molar-refractivity contribution in [2.75, 3.05) is 44.8 Å². The van der Waals surface area contributed by atoms with Crippen LogP contribution < -0.4 is 15.5 Å². The first-order valence-corrected chi connectivity index (χ1v) is 6.70. The number of hydrogen-bond acceptors (Lipinski definition) is 4. The number of piperazine rings is 1. The van der Waals surface area contributed by atoms with Gasteiger partial charge in [-0.25, -0.2) is 4.39 Å². The van der Waals surface area contributed by atoms with E-state index in [9.17, 15) is 9.18 Å². The van der Waals surface area contributed by atoms with Crippen LogP contribution in [0.4, 0.5) is 10.1 Å². The molecule has 1 fully saturated rings. The van der Waals surface area contributed by atoms with Gasteiger partial charge >= 0.3 is 0 Å². The van der Waals surface area contributed by atoms with Crippen molar-refractivity contribution >= 4 is 11.6 Å². The summed E-state index contributed by atoms with van der Waals surface area (Å²) in [6.07, 6.45) is 0. The smallest absolute Gasteiger partial charge is 0.239 e. The van der Waals surface area contributed by atoms with Crippen LogP contribution in [0.25, 0.3) is 0 Å². The molecule has 2 N–H and O–H groups in total. The fourth-order valence-electron chi connectivity index (χ4n) is 2.17. The number of carbonyl (C=O) groups is 1. The highest BCUT2D eigenvalue weighted by molar-refractivity contribution is 5.82. The maximum atomic E-state index is 14.1.